The number of carbonyl (C=O) groups excluding carboxylic acids is 2. The lowest BCUT2D eigenvalue weighted by molar-refractivity contribution is -0.162. The number of unbranched alkanes of at least 4 members (excludes halogenated alkanes) is 1. The van der Waals surface area contributed by atoms with Gasteiger partial charge in [-0.15, -0.1) is 12.4 Å². The van der Waals surface area contributed by atoms with E-state index in [1.165, 1.54) is 48.4 Å². The molecule has 2 heterocycles. The summed E-state index contributed by atoms with van der Waals surface area (Å²) in [7, 11) is 0. The van der Waals surface area contributed by atoms with Crippen molar-refractivity contribution in [2.45, 2.75) is 89.3 Å². The molecule has 5 rings (SSSR count). The fourth-order valence-electron chi connectivity index (χ4n) is 6.61. The molecule has 5 nitrogen and oxygen atoms in total. The molecule has 3 aliphatic rings. The molecule has 6 heteroatoms. The Labute approximate surface area is 222 Å². The summed E-state index contributed by atoms with van der Waals surface area (Å²) in [5.41, 5.74) is 0.633. The number of benzene rings is 2. The van der Waals surface area contributed by atoms with Gasteiger partial charge in [0, 0.05) is 26.2 Å². The van der Waals surface area contributed by atoms with E-state index in [1.54, 1.807) is 0 Å². The standard InChI is InChI=1S/C30H41N3O2.ClH/c1-2-3-17-33-28(34)27(21-23-9-5-4-6-10-23)31-29(35)30(33)15-18-32(19-16-30)22-24-13-14-25-11-7-8-12-26(25)20-24;/h7-8,11-14,20,23,27H,2-6,9-10,15-19,21-22H2,1H3,(H,31,35);1H. The summed E-state index contributed by atoms with van der Waals surface area (Å²) in [5.74, 6) is 0.842. The highest BCUT2D eigenvalue weighted by Gasteiger charge is 2.53. The summed E-state index contributed by atoms with van der Waals surface area (Å²) in [6.07, 6.45) is 10.5. The van der Waals surface area contributed by atoms with Gasteiger partial charge in [0.25, 0.3) is 0 Å². The van der Waals surface area contributed by atoms with Gasteiger partial charge >= 0.3 is 0 Å². The van der Waals surface area contributed by atoms with Gasteiger partial charge in [0.15, 0.2) is 0 Å². The van der Waals surface area contributed by atoms with Crippen LogP contribution in [0.5, 0.6) is 0 Å². The van der Waals surface area contributed by atoms with Crippen molar-refractivity contribution < 1.29 is 9.59 Å². The summed E-state index contributed by atoms with van der Waals surface area (Å²) in [6.45, 7) is 5.42. The second-order valence-electron chi connectivity index (χ2n) is 11.1. The van der Waals surface area contributed by atoms with Gasteiger partial charge in [-0.1, -0.05) is 81.8 Å². The molecule has 196 valence electrons. The minimum absolute atomic E-state index is 0. The first-order valence-corrected chi connectivity index (χ1v) is 13.9. The summed E-state index contributed by atoms with van der Waals surface area (Å²) in [4.78, 5) is 31.8. The summed E-state index contributed by atoms with van der Waals surface area (Å²) < 4.78 is 0. The molecule has 2 amide bonds. The first-order chi connectivity index (χ1) is 17.1. The van der Waals surface area contributed by atoms with Crippen LogP contribution in [0.25, 0.3) is 10.8 Å². The molecule has 2 aliphatic heterocycles. The highest BCUT2D eigenvalue weighted by atomic mass is 35.5. The molecule has 1 spiro atoms. The Morgan fingerprint density at radius 2 is 1.69 bits per heavy atom. The SMILES string of the molecule is CCCCN1C(=O)C(CC2CCCCC2)NC(=O)C12CCN(Cc1ccc3ccccc3c1)CC2.Cl. The van der Waals surface area contributed by atoms with Crippen molar-refractivity contribution in [3.8, 4) is 0 Å². The number of nitrogens with one attached hydrogen (secondary N) is 1. The molecule has 2 saturated heterocycles. The maximum absolute atomic E-state index is 13.7. The topological polar surface area (TPSA) is 52.7 Å². The van der Waals surface area contributed by atoms with Gasteiger partial charge in [-0.05, 0) is 54.0 Å². The molecule has 0 radical (unpaired) electrons. The van der Waals surface area contributed by atoms with Crippen molar-refractivity contribution in [1.82, 2.24) is 15.1 Å². The van der Waals surface area contributed by atoms with E-state index in [0.717, 1.165) is 51.7 Å². The number of rotatable bonds is 7. The van der Waals surface area contributed by atoms with E-state index >= 15 is 0 Å². The van der Waals surface area contributed by atoms with Crippen LogP contribution in [0.1, 0.15) is 76.7 Å². The third-order valence-corrected chi connectivity index (χ3v) is 8.74. The highest BCUT2D eigenvalue weighted by molar-refractivity contribution is 6.00. The lowest BCUT2D eigenvalue weighted by atomic mass is 9.79. The fraction of sp³-hybridized carbons (Fsp3) is 0.600. The molecule has 1 unspecified atom stereocenters. The van der Waals surface area contributed by atoms with Crippen LogP contribution < -0.4 is 5.32 Å². The van der Waals surface area contributed by atoms with E-state index in [-0.39, 0.29) is 30.3 Å². The van der Waals surface area contributed by atoms with Gasteiger partial charge in [-0.3, -0.25) is 14.5 Å². The molecule has 1 aliphatic carbocycles. The highest BCUT2D eigenvalue weighted by Crippen LogP contribution is 2.36. The number of hydrogen-bond donors (Lipinski definition) is 1. The molecule has 2 aromatic rings. The summed E-state index contributed by atoms with van der Waals surface area (Å²) >= 11 is 0. The first-order valence-electron chi connectivity index (χ1n) is 13.9. The maximum Gasteiger partial charge on any atom is 0.246 e. The van der Waals surface area contributed by atoms with Crippen molar-refractivity contribution >= 4 is 35.0 Å². The van der Waals surface area contributed by atoms with Crippen LogP contribution in [0.4, 0.5) is 0 Å². The summed E-state index contributed by atoms with van der Waals surface area (Å²) in [6, 6.07) is 14.8. The molecule has 0 bridgehead atoms. The molecule has 1 saturated carbocycles. The predicted octanol–water partition coefficient (Wildman–Crippen LogP) is 5.69. The number of piperazine rings is 1. The van der Waals surface area contributed by atoms with Crippen LogP contribution in [0, 0.1) is 5.92 Å². The fourth-order valence-corrected chi connectivity index (χ4v) is 6.61. The number of nitrogens with zero attached hydrogens (tertiary/aromatic N) is 2. The molecular formula is C30H42ClN3O2. The Balaban J connectivity index is 0.00000304. The average Bonchev–Trinajstić information content (AvgIpc) is 2.89. The maximum atomic E-state index is 13.7. The van der Waals surface area contributed by atoms with E-state index in [4.69, 9.17) is 0 Å². The molecule has 36 heavy (non-hydrogen) atoms. The smallest absolute Gasteiger partial charge is 0.246 e. The normalized spacial score (nSPS) is 23.0. The zero-order valence-corrected chi connectivity index (χ0v) is 22.5. The monoisotopic (exact) mass is 511 g/mol. The van der Waals surface area contributed by atoms with Crippen molar-refractivity contribution in [2.24, 2.45) is 5.92 Å². The Hall–Kier alpha value is -2.11. The summed E-state index contributed by atoms with van der Waals surface area (Å²) in [5, 5.41) is 5.75. The third kappa shape index (κ3) is 5.57. The second kappa shape index (κ2) is 12.0. The van der Waals surface area contributed by atoms with Crippen LogP contribution in [0.15, 0.2) is 42.5 Å². The number of fused-ring (bicyclic) bond motifs is 1. The Morgan fingerprint density at radius 1 is 0.972 bits per heavy atom. The Kier molecular flexibility index (Phi) is 8.95. The lowest BCUT2D eigenvalue weighted by Gasteiger charge is -2.52. The zero-order valence-electron chi connectivity index (χ0n) is 21.7. The lowest BCUT2D eigenvalue weighted by Crippen LogP contribution is -2.73. The van der Waals surface area contributed by atoms with Crippen molar-refractivity contribution in [3.63, 3.8) is 0 Å². The quantitative estimate of drug-likeness (QED) is 0.519. The molecule has 1 N–H and O–H groups in total. The van der Waals surface area contributed by atoms with Crippen LogP contribution in [0.2, 0.25) is 0 Å². The van der Waals surface area contributed by atoms with E-state index in [0.29, 0.717) is 12.5 Å². The number of halogens is 1. The number of likely N-dealkylation sites (tertiary alicyclic amines) is 1. The molecule has 0 aromatic heterocycles. The van der Waals surface area contributed by atoms with E-state index in [9.17, 15) is 9.59 Å². The van der Waals surface area contributed by atoms with E-state index in [1.807, 2.05) is 4.90 Å². The van der Waals surface area contributed by atoms with E-state index in [2.05, 4.69) is 59.6 Å². The number of amides is 2. The third-order valence-electron chi connectivity index (χ3n) is 8.74. The minimum Gasteiger partial charge on any atom is -0.342 e. The minimum atomic E-state index is -0.671. The first kappa shape index (κ1) is 26.9. The van der Waals surface area contributed by atoms with Crippen LogP contribution in [-0.4, -0.2) is 52.8 Å². The second-order valence-corrected chi connectivity index (χ2v) is 11.1. The Morgan fingerprint density at radius 3 is 2.42 bits per heavy atom. The largest absolute Gasteiger partial charge is 0.342 e. The number of carbonyl (C=O) groups is 2. The molecule has 3 fully saturated rings. The van der Waals surface area contributed by atoms with Crippen LogP contribution >= 0.6 is 12.4 Å². The van der Waals surface area contributed by atoms with Gasteiger partial charge in [-0.25, -0.2) is 0 Å². The van der Waals surface area contributed by atoms with Gasteiger partial charge in [0.1, 0.15) is 11.6 Å². The van der Waals surface area contributed by atoms with Crippen LogP contribution in [-0.2, 0) is 16.1 Å². The average molecular weight is 512 g/mol. The van der Waals surface area contributed by atoms with Gasteiger partial charge in [0.2, 0.25) is 11.8 Å². The predicted molar refractivity (Wildman–Crippen MR) is 148 cm³/mol. The molecule has 1 atom stereocenters. The number of piperidine rings is 1. The van der Waals surface area contributed by atoms with Crippen molar-refractivity contribution in [3.05, 3.63) is 48.0 Å². The van der Waals surface area contributed by atoms with Crippen molar-refractivity contribution in [2.75, 3.05) is 19.6 Å². The van der Waals surface area contributed by atoms with Gasteiger partial charge in [-0.2, -0.15) is 0 Å². The van der Waals surface area contributed by atoms with Crippen molar-refractivity contribution in [1.29, 1.82) is 0 Å². The zero-order chi connectivity index (χ0) is 24.3. The van der Waals surface area contributed by atoms with Crippen LogP contribution in [0.3, 0.4) is 0 Å². The van der Waals surface area contributed by atoms with Gasteiger partial charge in [0.05, 0.1) is 0 Å². The number of hydrogen-bond acceptors (Lipinski definition) is 3. The molecule has 2 aromatic carbocycles. The molecular weight excluding hydrogens is 470 g/mol. The van der Waals surface area contributed by atoms with E-state index < -0.39 is 5.54 Å². The van der Waals surface area contributed by atoms with Gasteiger partial charge < -0.3 is 10.2 Å². The Bertz CT molecular complexity index is 1040.